The van der Waals surface area contributed by atoms with Crippen molar-refractivity contribution in [3.63, 3.8) is 0 Å². The molecule has 3 heterocycles. The van der Waals surface area contributed by atoms with Gasteiger partial charge in [0.2, 0.25) is 5.91 Å². The Kier molecular flexibility index (Phi) is 8.44. The average molecular weight is 446 g/mol. The molecule has 0 bridgehead atoms. The fraction of sp³-hybridized carbons (Fsp3) is 0.652. The van der Waals surface area contributed by atoms with E-state index in [9.17, 15) is 14.7 Å². The number of aliphatic carboxylic acids is 1. The van der Waals surface area contributed by atoms with E-state index in [0.717, 1.165) is 47.2 Å². The first-order valence-corrected chi connectivity index (χ1v) is 11.7. The molecular formula is C23H35N5O4. The Morgan fingerprint density at radius 2 is 2.03 bits per heavy atom. The molecule has 32 heavy (non-hydrogen) atoms. The van der Waals surface area contributed by atoms with Gasteiger partial charge in [0.15, 0.2) is 5.65 Å². The van der Waals surface area contributed by atoms with Crippen molar-refractivity contribution >= 4 is 28.6 Å². The van der Waals surface area contributed by atoms with Crippen LogP contribution in [0.2, 0.25) is 0 Å². The van der Waals surface area contributed by atoms with Crippen molar-refractivity contribution < 1.29 is 19.4 Å². The molecule has 1 unspecified atom stereocenters. The summed E-state index contributed by atoms with van der Waals surface area (Å²) in [6.07, 6.45) is 6.19. The molecule has 1 aliphatic rings. The van der Waals surface area contributed by atoms with Crippen LogP contribution in [-0.2, 0) is 33.8 Å². The molecule has 9 nitrogen and oxygen atoms in total. The summed E-state index contributed by atoms with van der Waals surface area (Å²) >= 11 is 0. The molecule has 2 aromatic heterocycles. The SMILES string of the molecule is CCCCC(C(=O)O)C(=O)NCc1c(CC)nc2c(cnn2CC)c1NC1CCOCC1. The van der Waals surface area contributed by atoms with E-state index in [0.29, 0.717) is 39.0 Å². The van der Waals surface area contributed by atoms with E-state index < -0.39 is 17.8 Å². The molecule has 0 aromatic carbocycles. The number of pyridine rings is 1. The summed E-state index contributed by atoms with van der Waals surface area (Å²) in [6, 6.07) is 0.259. The van der Waals surface area contributed by atoms with Crippen LogP contribution in [0.25, 0.3) is 11.0 Å². The number of amides is 1. The molecule has 0 aliphatic carbocycles. The van der Waals surface area contributed by atoms with E-state index >= 15 is 0 Å². The quantitative estimate of drug-likeness (QED) is 0.455. The Morgan fingerprint density at radius 1 is 1.28 bits per heavy atom. The van der Waals surface area contributed by atoms with Crippen LogP contribution in [0.1, 0.15) is 64.1 Å². The highest BCUT2D eigenvalue weighted by Crippen LogP contribution is 2.31. The number of nitrogens with one attached hydrogen (secondary N) is 2. The number of hydrogen-bond acceptors (Lipinski definition) is 6. The number of carbonyl (C=O) groups excluding carboxylic acids is 1. The first kappa shape index (κ1) is 24.0. The lowest BCUT2D eigenvalue weighted by atomic mass is 10.0. The van der Waals surface area contributed by atoms with Crippen LogP contribution in [0.5, 0.6) is 0 Å². The molecule has 3 rings (SSSR count). The molecule has 9 heteroatoms. The van der Waals surface area contributed by atoms with Crippen molar-refractivity contribution in [3.05, 3.63) is 17.5 Å². The summed E-state index contributed by atoms with van der Waals surface area (Å²) in [6.45, 7) is 8.41. The van der Waals surface area contributed by atoms with Gasteiger partial charge < -0.3 is 20.5 Å². The molecule has 0 spiro atoms. The molecule has 1 atom stereocenters. The van der Waals surface area contributed by atoms with Crippen molar-refractivity contribution in [2.45, 2.75) is 78.4 Å². The lowest BCUT2D eigenvalue weighted by Gasteiger charge is -2.27. The molecular weight excluding hydrogens is 410 g/mol. The Balaban J connectivity index is 1.93. The number of nitrogens with zero attached hydrogens (tertiary/aromatic N) is 3. The van der Waals surface area contributed by atoms with E-state index in [1.165, 1.54) is 0 Å². The lowest BCUT2D eigenvalue weighted by molar-refractivity contribution is -0.147. The number of carbonyl (C=O) groups is 2. The Labute approximate surface area is 188 Å². The molecule has 1 amide bonds. The van der Waals surface area contributed by atoms with E-state index in [1.54, 1.807) is 0 Å². The molecule has 0 saturated carbocycles. The van der Waals surface area contributed by atoms with Crippen molar-refractivity contribution in [3.8, 4) is 0 Å². The second-order valence-corrected chi connectivity index (χ2v) is 8.25. The predicted molar refractivity (Wildman–Crippen MR) is 123 cm³/mol. The van der Waals surface area contributed by atoms with Gasteiger partial charge in [0, 0.05) is 43.6 Å². The first-order chi connectivity index (χ1) is 15.5. The van der Waals surface area contributed by atoms with Gasteiger partial charge in [0.05, 0.1) is 17.3 Å². The minimum Gasteiger partial charge on any atom is -0.481 e. The van der Waals surface area contributed by atoms with Gasteiger partial charge >= 0.3 is 5.97 Å². The Bertz CT molecular complexity index is 936. The van der Waals surface area contributed by atoms with Crippen molar-refractivity contribution in [1.29, 1.82) is 0 Å². The molecule has 3 N–H and O–H groups in total. The van der Waals surface area contributed by atoms with Gasteiger partial charge in [-0.05, 0) is 32.6 Å². The number of rotatable bonds is 11. The van der Waals surface area contributed by atoms with Gasteiger partial charge in [0.25, 0.3) is 0 Å². The molecule has 176 valence electrons. The largest absolute Gasteiger partial charge is 0.481 e. The Morgan fingerprint density at radius 3 is 2.66 bits per heavy atom. The highest BCUT2D eigenvalue weighted by atomic mass is 16.5. The van der Waals surface area contributed by atoms with Crippen LogP contribution in [0.15, 0.2) is 6.20 Å². The summed E-state index contributed by atoms with van der Waals surface area (Å²) in [4.78, 5) is 29.2. The van der Waals surface area contributed by atoms with Crippen molar-refractivity contribution in [1.82, 2.24) is 20.1 Å². The fourth-order valence-electron chi connectivity index (χ4n) is 4.17. The van der Waals surface area contributed by atoms with Crippen LogP contribution in [-0.4, -0.2) is 51.0 Å². The highest BCUT2D eigenvalue weighted by Gasteiger charge is 2.27. The number of hydrogen-bond donors (Lipinski definition) is 3. The predicted octanol–water partition coefficient (Wildman–Crippen LogP) is 3.11. The van der Waals surface area contributed by atoms with Crippen LogP contribution >= 0.6 is 0 Å². The van der Waals surface area contributed by atoms with Gasteiger partial charge in [-0.2, -0.15) is 5.10 Å². The van der Waals surface area contributed by atoms with E-state index in [-0.39, 0.29) is 12.6 Å². The van der Waals surface area contributed by atoms with E-state index in [1.807, 2.05) is 31.6 Å². The second kappa shape index (κ2) is 11.3. The zero-order valence-corrected chi connectivity index (χ0v) is 19.3. The molecule has 1 saturated heterocycles. The zero-order valence-electron chi connectivity index (χ0n) is 19.3. The maximum absolute atomic E-state index is 12.7. The van der Waals surface area contributed by atoms with Crippen LogP contribution in [0.4, 0.5) is 5.69 Å². The summed E-state index contributed by atoms with van der Waals surface area (Å²) in [5.74, 6) is -2.56. The van der Waals surface area contributed by atoms with Gasteiger partial charge in [-0.25, -0.2) is 9.67 Å². The fourth-order valence-corrected chi connectivity index (χ4v) is 4.17. The number of unbranched alkanes of at least 4 members (excludes halogenated alkanes) is 1. The summed E-state index contributed by atoms with van der Waals surface area (Å²) in [7, 11) is 0. The third-order valence-electron chi connectivity index (χ3n) is 6.08. The maximum atomic E-state index is 12.7. The zero-order chi connectivity index (χ0) is 23.1. The third kappa shape index (κ3) is 5.38. The van der Waals surface area contributed by atoms with Gasteiger partial charge in [-0.3, -0.25) is 9.59 Å². The Hall–Kier alpha value is -2.68. The van der Waals surface area contributed by atoms with Gasteiger partial charge in [-0.1, -0.05) is 26.7 Å². The number of aromatic nitrogens is 3. The number of fused-ring (bicyclic) bond motifs is 1. The van der Waals surface area contributed by atoms with E-state index in [4.69, 9.17) is 9.72 Å². The highest BCUT2D eigenvalue weighted by molar-refractivity contribution is 5.97. The second-order valence-electron chi connectivity index (χ2n) is 8.25. The number of ether oxygens (including phenoxy) is 1. The summed E-state index contributed by atoms with van der Waals surface area (Å²) in [5.41, 5.74) is 3.53. The average Bonchev–Trinajstić information content (AvgIpc) is 3.21. The smallest absolute Gasteiger partial charge is 0.316 e. The number of aryl methyl sites for hydroxylation is 2. The first-order valence-electron chi connectivity index (χ1n) is 11.7. The van der Waals surface area contributed by atoms with Gasteiger partial charge in [0.1, 0.15) is 5.92 Å². The molecule has 1 aliphatic heterocycles. The maximum Gasteiger partial charge on any atom is 0.316 e. The molecule has 1 fully saturated rings. The van der Waals surface area contributed by atoms with Crippen molar-refractivity contribution in [2.75, 3.05) is 18.5 Å². The molecule has 2 aromatic rings. The minimum atomic E-state index is -1.08. The summed E-state index contributed by atoms with van der Waals surface area (Å²) in [5, 5.41) is 21.5. The lowest BCUT2D eigenvalue weighted by Crippen LogP contribution is -2.36. The molecule has 0 radical (unpaired) electrons. The third-order valence-corrected chi connectivity index (χ3v) is 6.08. The number of anilines is 1. The van der Waals surface area contributed by atoms with Crippen LogP contribution < -0.4 is 10.6 Å². The van der Waals surface area contributed by atoms with Gasteiger partial charge in [-0.15, -0.1) is 0 Å². The monoisotopic (exact) mass is 445 g/mol. The number of carboxylic acids is 1. The summed E-state index contributed by atoms with van der Waals surface area (Å²) < 4.78 is 7.37. The van der Waals surface area contributed by atoms with Crippen LogP contribution in [0.3, 0.4) is 0 Å². The van der Waals surface area contributed by atoms with E-state index in [2.05, 4.69) is 15.7 Å². The van der Waals surface area contributed by atoms with Crippen molar-refractivity contribution in [2.24, 2.45) is 5.92 Å². The minimum absolute atomic E-state index is 0.226. The number of carboxylic acid groups (broad SMARTS) is 1. The topological polar surface area (TPSA) is 118 Å². The normalized spacial score (nSPS) is 15.6. The van der Waals surface area contributed by atoms with Crippen LogP contribution in [0, 0.1) is 5.92 Å². The standard InChI is InChI=1S/C23H35N5O4/c1-4-7-8-16(23(30)31)22(29)24-13-17-19(5-2)27-21-18(14-25-28(21)6-3)20(17)26-15-9-11-32-12-10-15/h14-16H,4-13H2,1-3H3,(H,24,29)(H,26,27)(H,30,31).